The zero-order valence-corrected chi connectivity index (χ0v) is 12.2. The number of nitrogen functional groups attached to an aromatic ring is 1. The highest BCUT2D eigenvalue weighted by molar-refractivity contribution is 5.87. The zero-order chi connectivity index (χ0) is 15.3. The number of nitrogens with two attached hydrogens (primary N) is 2. The van der Waals surface area contributed by atoms with Crippen LogP contribution >= 0.6 is 0 Å². The molecule has 0 bridgehead atoms. The van der Waals surface area contributed by atoms with Crippen molar-refractivity contribution in [1.29, 1.82) is 0 Å². The molecule has 0 saturated carbocycles. The average Bonchev–Trinajstić information content (AvgIpc) is 2.35. The lowest BCUT2D eigenvalue weighted by Crippen LogP contribution is -2.47. The Bertz CT molecular complexity index is 469. The highest BCUT2D eigenvalue weighted by Crippen LogP contribution is 2.20. The predicted octanol–water partition coefficient (Wildman–Crippen LogP) is 1.39. The van der Waals surface area contributed by atoms with E-state index in [9.17, 15) is 9.59 Å². The van der Waals surface area contributed by atoms with Crippen LogP contribution in [0.5, 0.6) is 0 Å². The van der Waals surface area contributed by atoms with Gasteiger partial charge in [0, 0.05) is 12.1 Å². The van der Waals surface area contributed by atoms with Crippen LogP contribution in [0, 0.1) is 5.92 Å². The summed E-state index contributed by atoms with van der Waals surface area (Å²) in [7, 11) is 0. The Kier molecular flexibility index (Phi) is 5.55. The Morgan fingerprint density at radius 3 is 2.15 bits per heavy atom. The number of rotatable bonds is 6. The van der Waals surface area contributed by atoms with Gasteiger partial charge in [-0.05, 0) is 29.5 Å². The van der Waals surface area contributed by atoms with Gasteiger partial charge >= 0.3 is 0 Å². The molecule has 0 saturated heterocycles. The van der Waals surface area contributed by atoms with Gasteiger partial charge < -0.3 is 16.8 Å². The summed E-state index contributed by atoms with van der Waals surface area (Å²) >= 11 is 0. The fourth-order valence-electron chi connectivity index (χ4n) is 2.02. The molecule has 2 amide bonds. The van der Waals surface area contributed by atoms with Crippen LogP contribution in [-0.4, -0.2) is 17.9 Å². The molecule has 1 rings (SSSR count). The summed E-state index contributed by atoms with van der Waals surface area (Å²) in [4.78, 5) is 23.2. The van der Waals surface area contributed by atoms with Crippen LogP contribution in [0.4, 0.5) is 5.69 Å². The second-order valence-corrected chi connectivity index (χ2v) is 5.46. The van der Waals surface area contributed by atoms with Gasteiger partial charge in [-0.25, -0.2) is 0 Å². The molecular weight excluding hydrogens is 254 g/mol. The number of benzene rings is 1. The van der Waals surface area contributed by atoms with Crippen molar-refractivity contribution in [3.05, 3.63) is 29.8 Å². The Hall–Kier alpha value is -2.04. The third kappa shape index (κ3) is 4.57. The normalized spacial score (nSPS) is 13.8. The van der Waals surface area contributed by atoms with Crippen molar-refractivity contribution in [2.75, 3.05) is 5.73 Å². The molecule has 2 unspecified atom stereocenters. The molecule has 0 heterocycles. The van der Waals surface area contributed by atoms with Crippen LogP contribution in [0.15, 0.2) is 24.3 Å². The number of hydrogen-bond donors (Lipinski definition) is 3. The SMILES string of the molecule is CC(CC(=O)NC(C(N)=O)C(C)C)c1ccc(N)cc1. The number of carbonyl (C=O) groups is 2. The van der Waals surface area contributed by atoms with Crippen LogP contribution in [0.1, 0.15) is 38.7 Å². The fourth-order valence-corrected chi connectivity index (χ4v) is 2.02. The topological polar surface area (TPSA) is 98.2 Å². The minimum atomic E-state index is -0.624. The number of primary amides is 1. The number of anilines is 1. The first-order valence-corrected chi connectivity index (χ1v) is 6.75. The van der Waals surface area contributed by atoms with Crippen molar-refractivity contribution >= 4 is 17.5 Å². The Morgan fingerprint density at radius 1 is 1.15 bits per heavy atom. The van der Waals surface area contributed by atoms with Crippen molar-refractivity contribution in [2.45, 2.75) is 39.2 Å². The molecule has 0 fully saturated rings. The average molecular weight is 277 g/mol. The van der Waals surface area contributed by atoms with Gasteiger partial charge in [-0.2, -0.15) is 0 Å². The van der Waals surface area contributed by atoms with E-state index in [4.69, 9.17) is 11.5 Å². The number of amides is 2. The van der Waals surface area contributed by atoms with Gasteiger partial charge in [-0.3, -0.25) is 9.59 Å². The molecule has 0 aromatic heterocycles. The van der Waals surface area contributed by atoms with E-state index in [1.165, 1.54) is 0 Å². The van der Waals surface area contributed by atoms with Gasteiger partial charge in [-0.15, -0.1) is 0 Å². The summed E-state index contributed by atoms with van der Waals surface area (Å²) in [6, 6.07) is 6.80. The van der Waals surface area contributed by atoms with E-state index < -0.39 is 11.9 Å². The maximum absolute atomic E-state index is 12.0. The maximum Gasteiger partial charge on any atom is 0.240 e. The summed E-state index contributed by atoms with van der Waals surface area (Å²) in [5, 5.41) is 2.69. The van der Waals surface area contributed by atoms with Gasteiger partial charge in [0.1, 0.15) is 6.04 Å². The second-order valence-electron chi connectivity index (χ2n) is 5.46. The van der Waals surface area contributed by atoms with Gasteiger partial charge in [0.2, 0.25) is 11.8 Å². The quantitative estimate of drug-likeness (QED) is 0.685. The Morgan fingerprint density at radius 2 is 1.70 bits per heavy atom. The van der Waals surface area contributed by atoms with Crippen molar-refractivity contribution in [2.24, 2.45) is 11.7 Å². The summed E-state index contributed by atoms with van der Waals surface area (Å²) < 4.78 is 0. The van der Waals surface area contributed by atoms with E-state index in [1.54, 1.807) is 0 Å². The van der Waals surface area contributed by atoms with Gasteiger partial charge in [0.05, 0.1) is 0 Å². The maximum atomic E-state index is 12.0. The molecule has 110 valence electrons. The fraction of sp³-hybridized carbons (Fsp3) is 0.467. The van der Waals surface area contributed by atoms with E-state index in [2.05, 4.69) is 5.32 Å². The lowest BCUT2D eigenvalue weighted by molar-refractivity contribution is -0.128. The van der Waals surface area contributed by atoms with E-state index in [-0.39, 0.29) is 17.7 Å². The minimum Gasteiger partial charge on any atom is -0.399 e. The molecule has 5 N–H and O–H groups in total. The molecule has 2 atom stereocenters. The zero-order valence-electron chi connectivity index (χ0n) is 12.2. The minimum absolute atomic E-state index is 0.0247. The monoisotopic (exact) mass is 277 g/mol. The van der Waals surface area contributed by atoms with E-state index in [0.29, 0.717) is 12.1 Å². The highest BCUT2D eigenvalue weighted by atomic mass is 16.2. The Balaban J connectivity index is 2.61. The predicted molar refractivity (Wildman–Crippen MR) is 79.8 cm³/mol. The first-order valence-electron chi connectivity index (χ1n) is 6.75. The first kappa shape index (κ1) is 16.0. The lowest BCUT2D eigenvalue weighted by atomic mass is 9.96. The molecule has 5 nitrogen and oxygen atoms in total. The standard InChI is InChI=1S/C15H23N3O2/c1-9(2)14(15(17)20)18-13(19)8-10(3)11-4-6-12(16)7-5-11/h4-7,9-10,14H,8,16H2,1-3H3,(H2,17,20)(H,18,19). The van der Waals surface area contributed by atoms with Gasteiger partial charge in [0.15, 0.2) is 0 Å². The van der Waals surface area contributed by atoms with Crippen LogP contribution in [-0.2, 0) is 9.59 Å². The summed E-state index contributed by atoms with van der Waals surface area (Å²) in [5.74, 6) is -0.653. The van der Waals surface area contributed by atoms with Crippen LogP contribution in [0.3, 0.4) is 0 Å². The number of hydrogen-bond acceptors (Lipinski definition) is 3. The van der Waals surface area contributed by atoms with Crippen molar-refractivity contribution in [3.63, 3.8) is 0 Å². The molecule has 20 heavy (non-hydrogen) atoms. The van der Waals surface area contributed by atoms with Crippen molar-refractivity contribution in [1.82, 2.24) is 5.32 Å². The van der Waals surface area contributed by atoms with E-state index >= 15 is 0 Å². The third-order valence-corrected chi connectivity index (χ3v) is 3.29. The van der Waals surface area contributed by atoms with Crippen molar-refractivity contribution < 1.29 is 9.59 Å². The molecule has 0 aliphatic carbocycles. The summed E-state index contributed by atoms with van der Waals surface area (Å²) in [5.41, 5.74) is 12.6. The van der Waals surface area contributed by atoms with Crippen LogP contribution in [0.2, 0.25) is 0 Å². The number of carbonyl (C=O) groups excluding carboxylic acids is 2. The molecule has 0 spiro atoms. The molecule has 1 aromatic rings. The molecular formula is C15H23N3O2. The summed E-state index contributed by atoms with van der Waals surface area (Å²) in [6.07, 6.45) is 0.306. The van der Waals surface area contributed by atoms with Crippen LogP contribution < -0.4 is 16.8 Å². The highest BCUT2D eigenvalue weighted by Gasteiger charge is 2.22. The van der Waals surface area contributed by atoms with E-state index in [0.717, 1.165) is 5.56 Å². The molecule has 1 aromatic carbocycles. The lowest BCUT2D eigenvalue weighted by Gasteiger charge is -2.20. The molecule has 0 aliphatic rings. The van der Waals surface area contributed by atoms with Crippen molar-refractivity contribution in [3.8, 4) is 0 Å². The molecule has 0 radical (unpaired) electrons. The third-order valence-electron chi connectivity index (χ3n) is 3.29. The first-order chi connectivity index (χ1) is 9.31. The van der Waals surface area contributed by atoms with Crippen LogP contribution in [0.25, 0.3) is 0 Å². The smallest absolute Gasteiger partial charge is 0.240 e. The van der Waals surface area contributed by atoms with Gasteiger partial charge in [-0.1, -0.05) is 32.9 Å². The molecule has 5 heteroatoms. The van der Waals surface area contributed by atoms with E-state index in [1.807, 2.05) is 45.0 Å². The second kappa shape index (κ2) is 6.93. The Labute approximate surface area is 119 Å². The number of nitrogens with one attached hydrogen (secondary N) is 1. The van der Waals surface area contributed by atoms with Gasteiger partial charge in [0.25, 0.3) is 0 Å². The largest absolute Gasteiger partial charge is 0.399 e. The molecule has 0 aliphatic heterocycles. The summed E-state index contributed by atoms with van der Waals surface area (Å²) in [6.45, 7) is 5.65.